The third-order valence-corrected chi connectivity index (χ3v) is 8.39. The summed E-state index contributed by atoms with van der Waals surface area (Å²) < 4.78 is 19.7. The van der Waals surface area contributed by atoms with E-state index in [9.17, 15) is 4.79 Å². The van der Waals surface area contributed by atoms with Crippen LogP contribution in [0.15, 0.2) is 48.5 Å². The van der Waals surface area contributed by atoms with Gasteiger partial charge in [-0.3, -0.25) is 4.90 Å². The number of rotatable bonds is 8. The van der Waals surface area contributed by atoms with Crippen LogP contribution in [0.1, 0.15) is 64.3 Å². The fraction of sp³-hybridized carbons (Fsp3) is 0.406. The molecule has 0 aliphatic carbocycles. The summed E-state index contributed by atoms with van der Waals surface area (Å²) in [5.74, 6) is 1.48. The van der Waals surface area contributed by atoms with Gasteiger partial charge in [0.05, 0.1) is 35.8 Å². The highest BCUT2D eigenvalue weighted by Gasteiger charge is 2.25. The molecule has 2 aliphatic rings. The molecule has 212 valence electrons. The van der Waals surface area contributed by atoms with Gasteiger partial charge in [0.15, 0.2) is 0 Å². The molecule has 0 amide bonds. The summed E-state index contributed by atoms with van der Waals surface area (Å²) in [5, 5.41) is 9.07. The fourth-order valence-electron chi connectivity index (χ4n) is 5.28. The van der Waals surface area contributed by atoms with Crippen LogP contribution in [0.25, 0.3) is 11.0 Å². The molecular weight excluding hydrogens is 536 g/mol. The highest BCUT2D eigenvalue weighted by molar-refractivity contribution is 7.12. The normalized spacial score (nSPS) is 17.1. The van der Waals surface area contributed by atoms with Crippen molar-refractivity contribution in [1.82, 2.24) is 14.5 Å². The Morgan fingerprint density at radius 2 is 2.02 bits per heavy atom. The molecule has 9 heteroatoms. The number of nitrogens with zero attached hydrogens (tertiary/aromatic N) is 4. The van der Waals surface area contributed by atoms with Gasteiger partial charge in [-0.2, -0.15) is 5.26 Å². The Balaban J connectivity index is 1.20. The highest BCUT2D eigenvalue weighted by Crippen LogP contribution is 2.28. The van der Waals surface area contributed by atoms with Gasteiger partial charge in [-0.15, -0.1) is 11.3 Å². The number of hydrogen-bond acceptors (Lipinski definition) is 8. The predicted octanol–water partition coefficient (Wildman–Crippen LogP) is 5.85. The van der Waals surface area contributed by atoms with E-state index in [1.165, 1.54) is 22.5 Å². The molecule has 6 rings (SSSR count). The lowest BCUT2D eigenvalue weighted by atomic mass is 9.99. The summed E-state index contributed by atoms with van der Waals surface area (Å²) in [6, 6.07) is 17.9. The summed E-state index contributed by atoms with van der Waals surface area (Å²) in [5.41, 5.74) is 4.37. The number of carbonyl (C=O) groups excluding carboxylic acids is 1. The number of imidazole rings is 1. The number of ether oxygens (including phenoxy) is 3. The maximum atomic E-state index is 12.8. The minimum absolute atomic E-state index is 0.158. The van der Waals surface area contributed by atoms with E-state index in [0.717, 1.165) is 60.0 Å². The van der Waals surface area contributed by atoms with E-state index in [4.69, 9.17) is 24.5 Å². The Bertz CT molecular complexity index is 1620. The summed E-state index contributed by atoms with van der Waals surface area (Å²) in [6.07, 6.45) is 2.14. The smallest absolute Gasteiger partial charge is 0.338 e. The maximum absolute atomic E-state index is 12.8. The van der Waals surface area contributed by atoms with E-state index >= 15 is 0 Å². The van der Waals surface area contributed by atoms with Crippen molar-refractivity contribution in [2.45, 2.75) is 71.6 Å². The molecule has 2 aliphatic heterocycles. The summed E-state index contributed by atoms with van der Waals surface area (Å²) in [7, 11) is 0. The number of esters is 1. The van der Waals surface area contributed by atoms with Crippen molar-refractivity contribution in [3.8, 4) is 11.8 Å². The van der Waals surface area contributed by atoms with Crippen LogP contribution < -0.4 is 4.74 Å². The Labute approximate surface area is 244 Å². The third kappa shape index (κ3) is 6.30. The van der Waals surface area contributed by atoms with Crippen molar-refractivity contribution in [3.05, 3.63) is 80.8 Å². The molecular formula is C32H34N4O4S. The second kappa shape index (κ2) is 11.3. The van der Waals surface area contributed by atoms with Gasteiger partial charge in [0.1, 0.15) is 34.7 Å². The second-order valence-electron chi connectivity index (χ2n) is 11.7. The molecule has 41 heavy (non-hydrogen) atoms. The van der Waals surface area contributed by atoms with Crippen LogP contribution in [-0.2, 0) is 42.1 Å². The highest BCUT2D eigenvalue weighted by atomic mass is 32.1. The molecule has 0 bridgehead atoms. The van der Waals surface area contributed by atoms with Gasteiger partial charge < -0.3 is 18.8 Å². The predicted molar refractivity (Wildman–Crippen MR) is 157 cm³/mol. The third-order valence-electron chi connectivity index (χ3n) is 7.43. The number of hydrogen-bond donors (Lipinski definition) is 0. The summed E-state index contributed by atoms with van der Waals surface area (Å²) >= 11 is 1.46. The number of carbonyl (C=O) groups is 1. The van der Waals surface area contributed by atoms with Gasteiger partial charge in [-0.25, -0.2) is 9.78 Å². The van der Waals surface area contributed by atoms with E-state index in [1.807, 2.05) is 51.1 Å². The number of benzene rings is 2. The SMILES string of the molecule is CC(C)(C)OC(=O)c1ccc2nc(CN3CCc4ccc(OCc5ccc(C#N)s5)cc4C3)n(CC3CCO3)c2c1. The molecule has 4 aromatic rings. The Kier molecular flexibility index (Phi) is 7.56. The molecule has 0 radical (unpaired) electrons. The van der Waals surface area contributed by atoms with Gasteiger partial charge in [0.2, 0.25) is 0 Å². The Hall–Kier alpha value is -3.71. The zero-order valence-corrected chi connectivity index (χ0v) is 24.5. The number of nitriles is 1. The molecule has 4 heterocycles. The molecule has 1 unspecified atom stereocenters. The van der Waals surface area contributed by atoms with Crippen molar-refractivity contribution in [2.24, 2.45) is 0 Å². The fourth-order valence-corrected chi connectivity index (χ4v) is 6.00. The minimum Gasteiger partial charge on any atom is -0.488 e. The molecule has 2 aromatic heterocycles. The standard InChI is InChI=1S/C32H34N4O4S/c1-32(2,3)40-31(37)22-5-9-28-29(15-22)36(18-25-11-13-38-25)30(34-28)19-35-12-10-21-4-6-24(14-23(21)17-35)39-20-27-8-7-26(16-33)41-27/h4-9,14-15,25H,10-13,17-20H2,1-3H3. The molecule has 1 atom stereocenters. The van der Waals surface area contributed by atoms with Crippen LogP contribution in [0.3, 0.4) is 0 Å². The number of thiophene rings is 1. The molecule has 1 fully saturated rings. The zero-order valence-electron chi connectivity index (χ0n) is 23.7. The topological polar surface area (TPSA) is 89.6 Å². The first-order valence-corrected chi connectivity index (χ1v) is 14.9. The van der Waals surface area contributed by atoms with Crippen LogP contribution in [0.5, 0.6) is 5.75 Å². The van der Waals surface area contributed by atoms with Gasteiger partial charge in [-0.05, 0) is 87.2 Å². The van der Waals surface area contributed by atoms with Crippen molar-refractivity contribution < 1.29 is 19.0 Å². The Morgan fingerprint density at radius 1 is 1.17 bits per heavy atom. The van der Waals surface area contributed by atoms with Crippen molar-refractivity contribution >= 4 is 28.3 Å². The molecule has 0 spiro atoms. The Morgan fingerprint density at radius 3 is 2.76 bits per heavy atom. The monoisotopic (exact) mass is 570 g/mol. The lowest BCUT2D eigenvalue weighted by molar-refractivity contribution is -0.0592. The molecule has 1 saturated heterocycles. The lowest BCUT2D eigenvalue weighted by Crippen LogP contribution is -2.34. The quantitative estimate of drug-likeness (QED) is 0.246. The minimum atomic E-state index is -0.558. The van der Waals surface area contributed by atoms with Gasteiger partial charge in [0, 0.05) is 24.6 Å². The van der Waals surface area contributed by atoms with E-state index in [2.05, 4.69) is 27.7 Å². The van der Waals surface area contributed by atoms with Gasteiger partial charge >= 0.3 is 5.97 Å². The lowest BCUT2D eigenvalue weighted by Gasteiger charge is -2.30. The largest absolute Gasteiger partial charge is 0.488 e. The first kappa shape index (κ1) is 27.5. The maximum Gasteiger partial charge on any atom is 0.338 e. The molecule has 8 nitrogen and oxygen atoms in total. The van der Waals surface area contributed by atoms with E-state index in [-0.39, 0.29) is 12.1 Å². The van der Waals surface area contributed by atoms with E-state index < -0.39 is 5.60 Å². The first-order chi connectivity index (χ1) is 19.7. The van der Waals surface area contributed by atoms with Crippen LogP contribution in [0.4, 0.5) is 0 Å². The molecule has 0 N–H and O–H groups in total. The van der Waals surface area contributed by atoms with Crippen LogP contribution in [0.2, 0.25) is 0 Å². The zero-order chi connectivity index (χ0) is 28.6. The summed E-state index contributed by atoms with van der Waals surface area (Å²) in [4.78, 5) is 22.0. The number of fused-ring (bicyclic) bond motifs is 2. The van der Waals surface area contributed by atoms with Crippen LogP contribution in [0, 0.1) is 11.3 Å². The number of aromatic nitrogens is 2. The average molecular weight is 571 g/mol. The van der Waals surface area contributed by atoms with Crippen LogP contribution in [-0.4, -0.2) is 45.3 Å². The first-order valence-electron chi connectivity index (χ1n) is 14.0. The van der Waals surface area contributed by atoms with E-state index in [0.29, 0.717) is 30.1 Å². The van der Waals surface area contributed by atoms with Crippen LogP contribution >= 0.6 is 11.3 Å². The van der Waals surface area contributed by atoms with E-state index in [1.54, 1.807) is 6.07 Å². The summed E-state index contributed by atoms with van der Waals surface area (Å²) in [6.45, 7) is 10.0. The average Bonchev–Trinajstić information content (AvgIpc) is 3.52. The van der Waals surface area contributed by atoms with Crippen molar-refractivity contribution in [2.75, 3.05) is 13.2 Å². The van der Waals surface area contributed by atoms with Crippen molar-refractivity contribution in [1.29, 1.82) is 5.26 Å². The molecule has 0 saturated carbocycles. The van der Waals surface area contributed by atoms with Gasteiger partial charge in [-0.1, -0.05) is 6.07 Å². The van der Waals surface area contributed by atoms with Crippen molar-refractivity contribution in [3.63, 3.8) is 0 Å². The molecule has 2 aromatic carbocycles. The van der Waals surface area contributed by atoms with Gasteiger partial charge in [0.25, 0.3) is 0 Å². The second-order valence-corrected chi connectivity index (χ2v) is 12.9.